The molecule has 112 valence electrons. The predicted molar refractivity (Wildman–Crippen MR) is 105 cm³/mol. The van der Waals surface area contributed by atoms with Crippen LogP contribution in [0.25, 0.3) is 34.4 Å². The molecule has 23 heavy (non-hydrogen) atoms. The molecule has 3 aromatic rings. The fraction of sp³-hybridized carbons (Fsp3) is 0. The highest BCUT2D eigenvalue weighted by molar-refractivity contribution is 9.10. The Balaban J connectivity index is 2.03. The van der Waals surface area contributed by atoms with Crippen molar-refractivity contribution in [3.05, 3.63) is 95.5 Å². The molecule has 0 aliphatic heterocycles. The molecule has 1 heteroatoms. The van der Waals surface area contributed by atoms with E-state index >= 15 is 0 Å². The zero-order valence-corrected chi connectivity index (χ0v) is 14.4. The van der Waals surface area contributed by atoms with Crippen LogP contribution < -0.4 is 0 Å². The second kappa shape index (κ2) is 6.80. The van der Waals surface area contributed by atoms with Crippen molar-refractivity contribution in [2.24, 2.45) is 0 Å². The van der Waals surface area contributed by atoms with Crippen LogP contribution in [0.5, 0.6) is 0 Å². The molecule has 0 unspecified atom stereocenters. The van der Waals surface area contributed by atoms with Gasteiger partial charge in [-0.15, -0.1) is 0 Å². The van der Waals surface area contributed by atoms with E-state index in [2.05, 4.69) is 95.8 Å². The number of hydrogen-bond donors (Lipinski definition) is 0. The molecule has 0 nitrogen and oxygen atoms in total. The summed E-state index contributed by atoms with van der Waals surface area (Å²) in [5.41, 5.74) is 7.03. The number of halogens is 1. The van der Waals surface area contributed by atoms with Crippen LogP contribution in [-0.4, -0.2) is 0 Å². The fourth-order valence-corrected chi connectivity index (χ4v) is 3.04. The minimum Gasteiger partial charge on any atom is -0.0985 e. The Kier molecular flexibility index (Phi) is 4.59. The highest BCUT2D eigenvalue weighted by atomic mass is 79.9. The van der Waals surface area contributed by atoms with Gasteiger partial charge in [-0.1, -0.05) is 89.8 Å². The molecular weight excluding hydrogens is 344 g/mol. The highest BCUT2D eigenvalue weighted by Crippen LogP contribution is 2.31. The van der Waals surface area contributed by atoms with Gasteiger partial charge in [0.15, 0.2) is 0 Å². The van der Waals surface area contributed by atoms with Crippen LogP contribution in [-0.2, 0) is 0 Å². The third kappa shape index (κ3) is 3.52. The molecular formula is C22H17Br. The zero-order chi connectivity index (χ0) is 16.2. The van der Waals surface area contributed by atoms with E-state index in [4.69, 9.17) is 0 Å². The zero-order valence-electron chi connectivity index (χ0n) is 12.8. The molecule has 3 rings (SSSR count). The van der Waals surface area contributed by atoms with Gasteiger partial charge in [0.2, 0.25) is 0 Å². The van der Waals surface area contributed by atoms with Crippen molar-refractivity contribution in [3.63, 3.8) is 0 Å². The first kappa shape index (κ1) is 15.5. The van der Waals surface area contributed by atoms with Gasteiger partial charge in [-0.3, -0.25) is 0 Å². The lowest BCUT2D eigenvalue weighted by atomic mass is 9.98. The minimum absolute atomic E-state index is 1.07. The predicted octanol–water partition coefficient (Wildman–Crippen LogP) is 7.07. The molecule has 0 aliphatic carbocycles. The lowest BCUT2D eigenvalue weighted by Crippen LogP contribution is -1.84. The van der Waals surface area contributed by atoms with Gasteiger partial charge in [0, 0.05) is 4.47 Å². The van der Waals surface area contributed by atoms with Crippen LogP contribution in [0.4, 0.5) is 0 Å². The van der Waals surface area contributed by atoms with Crippen molar-refractivity contribution in [1.29, 1.82) is 0 Å². The van der Waals surface area contributed by atoms with Crippen molar-refractivity contribution in [2.75, 3.05) is 0 Å². The molecule has 0 amide bonds. The van der Waals surface area contributed by atoms with Gasteiger partial charge in [-0.05, 0) is 51.6 Å². The van der Waals surface area contributed by atoms with Crippen LogP contribution in [0.1, 0.15) is 11.1 Å². The quantitative estimate of drug-likeness (QED) is 0.466. The van der Waals surface area contributed by atoms with Crippen molar-refractivity contribution in [3.8, 4) is 22.3 Å². The van der Waals surface area contributed by atoms with Crippen LogP contribution in [0.2, 0.25) is 0 Å². The Morgan fingerprint density at radius 1 is 0.565 bits per heavy atom. The summed E-state index contributed by atoms with van der Waals surface area (Å²) in [7, 11) is 0. The van der Waals surface area contributed by atoms with Gasteiger partial charge >= 0.3 is 0 Å². The van der Waals surface area contributed by atoms with E-state index in [1.165, 1.54) is 22.3 Å². The second-order valence-electron chi connectivity index (χ2n) is 5.38. The molecule has 3 aromatic carbocycles. The Morgan fingerprint density at radius 3 is 1.30 bits per heavy atom. The topological polar surface area (TPSA) is 0 Å². The maximum absolute atomic E-state index is 3.80. The normalized spacial score (nSPS) is 10.3. The molecule has 0 heterocycles. The third-order valence-corrected chi connectivity index (χ3v) is 4.32. The van der Waals surface area contributed by atoms with Gasteiger partial charge in [-0.25, -0.2) is 0 Å². The lowest BCUT2D eigenvalue weighted by molar-refractivity contribution is 1.55. The molecule has 0 bridgehead atoms. The van der Waals surface area contributed by atoms with Crippen molar-refractivity contribution < 1.29 is 0 Å². The van der Waals surface area contributed by atoms with E-state index in [9.17, 15) is 0 Å². The molecule has 0 fully saturated rings. The van der Waals surface area contributed by atoms with Gasteiger partial charge in [0.05, 0.1) is 0 Å². The lowest BCUT2D eigenvalue weighted by Gasteiger charge is -2.09. The van der Waals surface area contributed by atoms with Crippen molar-refractivity contribution in [2.45, 2.75) is 0 Å². The second-order valence-corrected chi connectivity index (χ2v) is 6.30. The van der Waals surface area contributed by atoms with Crippen LogP contribution in [0.3, 0.4) is 0 Å². The summed E-state index contributed by atoms with van der Waals surface area (Å²) in [6.45, 7) is 7.60. The molecule has 0 spiro atoms. The smallest absolute Gasteiger partial charge is 0.0187 e. The highest BCUT2D eigenvalue weighted by Gasteiger charge is 2.04. The third-order valence-electron chi connectivity index (χ3n) is 3.86. The summed E-state index contributed by atoms with van der Waals surface area (Å²) in [5.74, 6) is 0. The summed E-state index contributed by atoms with van der Waals surface area (Å²) in [6, 6.07) is 23.4. The monoisotopic (exact) mass is 360 g/mol. The van der Waals surface area contributed by atoms with Gasteiger partial charge in [0.25, 0.3) is 0 Å². The first-order valence-corrected chi connectivity index (χ1v) is 8.25. The first-order chi connectivity index (χ1) is 11.2. The van der Waals surface area contributed by atoms with Gasteiger partial charge < -0.3 is 0 Å². The van der Waals surface area contributed by atoms with E-state index in [0.29, 0.717) is 0 Å². The minimum atomic E-state index is 1.07. The van der Waals surface area contributed by atoms with Crippen LogP contribution >= 0.6 is 15.9 Å². The van der Waals surface area contributed by atoms with Crippen LogP contribution in [0.15, 0.2) is 84.4 Å². The summed E-state index contributed by atoms with van der Waals surface area (Å²) in [6.07, 6.45) is 3.72. The maximum atomic E-state index is 3.80. The molecule has 0 saturated carbocycles. The van der Waals surface area contributed by atoms with E-state index in [1.54, 1.807) is 0 Å². The molecule has 0 saturated heterocycles. The Labute approximate surface area is 145 Å². The number of benzene rings is 3. The molecule has 0 N–H and O–H groups in total. The Bertz CT molecular complexity index is 770. The van der Waals surface area contributed by atoms with E-state index in [-0.39, 0.29) is 0 Å². The fourth-order valence-electron chi connectivity index (χ4n) is 2.55. The van der Waals surface area contributed by atoms with Gasteiger partial charge in [-0.2, -0.15) is 0 Å². The Morgan fingerprint density at radius 2 is 0.957 bits per heavy atom. The molecule has 0 aliphatic rings. The number of hydrogen-bond acceptors (Lipinski definition) is 0. The van der Waals surface area contributed by atoms with E-state index in [1.807, 2.05) is 12.2 Å². The molecule has 0 atom stereocenters. The van der Waals surface area contributed by atoms with Gasteiger partial charge in [0.1, 0.15) is 0 Å². The summed E-state index contributed by atoms with van der Waals surface area (Å²) in [5, 5.41) is 0. The molecule has 0 radical (unpaired) electrons. The standard InChI is InChI=1S/C22H17Br/c1-3-16-5-9-18(10-6-16)20-13-21(15-22(23)14-20)19-11-7-17(4-2)8-12-19/h3-15H,1-2H2. The average Bonchev–Trinajstić information content (AvgIpc) is 2.61. The van der Waals surface area contributed by atoms with Crippen molar-refractivity contribution >= 4 is 28.1 Å². The van der Waals surface area contributed by atoms with E-state index in [0.717, 1.165) is 15.6 Å². The SMILES string of the molecule is C=Cc1ccc(-c2cc(Br)cc(-c3ccc(C=C)cc3)c2)cc1. The van der Waals surface area contributed by atoms with E-state index < -0.39 is 0 Å². The largest absolute Gasteiger partial charge is 0.0985 e. The summed E-state index contributed by atoms with van der Waals surface area (Å²) in [4.78, 5) is 0. The maximum Gasteiger partial charge on any atom is 0.0187 e. The average molecular weight is 361 g/mol. The summed E-state index contributed by atoms with van der Waals surface area (Å²) < 4.78 is 1.07. The number of rotatable bonds is 4. The Hall–Kier alpha value is -2.38. The molecule has 0 aromatic heterocycles. The first-order valence-electron chi connectivity index (χ1n) is 7.46. The summed E-state index contributed by atoms with van der Waals surface area (Å²) >= 11 is 3.63. The van der Waals surface area contributed by atoms with Crippen LogP contribution in [0, 0.1) is 0 Å². The van der Waals surface area contributed by atoms with Crippen molar-refractivity contribution in [1.82, 2.24) is 0 Å².